The summed E-state index contributed by atoms with van der Waals surface area (Å²) < 4.78 is 0. The van der Waals surface area contributed by atoms with E-state index in [-0.39, 0.29) is 29.8 Å². The summed E-state index contributed by atoms with van der Waals surface area (Å²) in [5, 5.41) is 9.17. The van der Waals surface area contributed by atoms with Crippen LogP contribution in [0, 0.1) is 5.92 Å². The Morgan fingerprint density at radius 3 is 1.58 bits per heavy atom. The molecule has 0 aromatic heterocycles. The van der Waals surface area contributed by atoms with Gasteiger partial charge in [-0.3, -0.25) is 4.79 Å². The van der Waals surface area contributed by atoms with Gasteiger partial charge in [0.15, 0.2) is 0 Å². The van der Waals surface area contributed by atoms with Crippen LogP contribution in [0.25, 0.3) is 0 Å². The molecule has 114 valence electrons. The molecule has 0 heterocycles. The van der Waals surface area contributed by atoms with Gasteiger partial charge in [-0.1, -0.05) is 78.1 Å². The van der Waals surface area contributed by atoms with Crippen LogP contribution in [0.5, 0.6) is 0 Å². The number of rotatable bonds is 13. The van der Waals surface area contributed by atoms with Gasteiger partial charge < -0.3 is 5.11 Å². The average Bonchev–Trinajstić information content (AvgIpc) is 2.35. The molecule has 1 atom stereocenters. The summed E-state index contributed by atoms with van der Waals surface area (Å²) in [6.07, 6.45) is 14.0. The van der Waals surface area contributed by atoms with Crippen LogP contribution in [-0.2, 0) is 4.79 Å². The van der Waals surface area contributed by atoms with Gasteiger partial charge >= 0.3 is 29.9 Å². The van der Waals surface area contributed by atoms with E-state index < -0.39 is 5.97 Å². The Morgan fingerprint density at radius 2 is 1.16 bits per heavy atom. The van der Waals surface area contributed by atoms with Gasteiger partial charge in [-0.05, 0) is 12.8 Å². The number of aliphatic carboxylic acids is 1. The molecular weight excluding hydrogens is 343 g/mol. The normalized spacial score (nSPS) is 11.9. The van der Waals surface area contributed by atoms with Crippen molar-refractivity contribution >= 4 is 29.9 Å². The van der Waals surface area contributed by atoms with E-state index in [1.807, 2.05) is 0 Å². The number of carbonyl (C=O) groups is 1. The van der Waals surface area contributed by atoms with E-state index in [4.69, 9.17) is 0 Å². The van der Waals surface area contributed by atoms with E-state index in [2.05, 4.69) is 13.8 Å². The van der Waals surface area contributed by atoms with E-state index in [0.29, 0.717) is 0 Å². The van der Waals surface area contributed by atoms with Crippen LogP contribution >= 0.6 is 0 Å². The standard InChI is InChI=1S/C16H32O2.Sn.2H/c1-3-5-7-9-10-12-14-15(16(17)18)13-11-8-6-4-2;;;/h15H,3-14H2,1-2H3,(H,17,18);;;. The second-order valence-corrected chi connectivity index (χ2v) is 5.44. The number of hydrogen-bond donors (Lipinski definition) is 1. The quantitative estimate of drug-likeness (QED) is 0.379. The fourth-order valence-corrected chi connectivity index (χ4v) is 2.38. The molecule has 1 N–H and O–H groups in total. The monoisotopic (exact) mass is 378 g/mol. The maximum atomic E-state index is 11.1. The molecule has 0 aromatic rings. The van der Waals surface area contributed by atoms with Crippen LogP contribution in [0.1, 0.15) is 90.9 Å². The third kappa shape index (κ3) is 14.5. The Balaban J connectivity index is 0. The predicted octanol–water partition coefficient (Wildman–Crippen LogP) is 4.49. The first-order valence-electron chi connectivity index (χ1n) is 7.95. The van der Waals surface area contributed by atoms with Gasteiger partial charge in [0.25, 0.3) is 0 Å². The van der Waals surface area contributed by atoms with Crippen molar-refractivity contribution in [1.29, 1.82) is 0 Å². The number of carboxylic acids is 1. The van der Waals surface area contributed by atoms with Gasteiger partial charge in [0.1, 0.15) is 0 Å². The van der Waals surface area contributed by atoms with Crippen LogP contribution in [-0.4, -0.2) is 35.0 Å². The van der Waals surface area contributed by atoms with Crippen molar-refractivity contribution in [3.05, 3.63) is 0 Å². The van der Waals surface area contributed by atoms with Gasteiger partial charge in [-0.15, -0.1) is 0 Å². The van der Waals surface area contributed by atoms with Crippen molar-refractivity contribution in [2.24, 2.45) is 5.92 Å². The van der Waals surface area contributed by atoms with E-state index in [1.165, 1.54) is 51.4 Å². The van der Waals surface area contributed by atoms with Crippen molar-refractivity contribution in [2.75, 3.05) is 0 Å². The van der Waals surface area contributed by atoms with Crippen LogP contribution in [0.15, 0.2) is 0 Å². The first-order valence-corrected chi connectivity index (χ1v) is 7.95. The molecule has 0 amide bonds. The van der Waals surface area contributed by atoms with Crippen molar-refractivity contribution in [3.8, 4) is 0 Å². The van der Waals surface area contributed by atoms with E-state index in [0.717, 1.165) is 25.7 Å². The maximum absolute atomic E-state index is 11.1. The first-order chi connectivity index (χ1) is 8.72. The predicted molar refractivity (Wildman–Crippen MR) is 86.4 cm³/mol. The molecule has 2 nitrogen and oxygen atoms in total. The van der Waals surface area contributed by atoms with Crippen LogP contribution in [0.2, 0.25) is 0 Å². The molecule has 0 rings (SSSR count). The van der Waals surface area contributed by atoms with Crippen LogP contribution in [0.4, 0.5) is 0 Å². The summed E-state index contributed by atoms with van der Waals surface area (Å²) in [6, 6.07) is 0. The molecule has 3 heteroatoms. The minimum absolute atomic E-state index is 0. The molecule has 0 bridgehead atoms. The topological polar surface area (TPSA) is 37.3 Å². The van der Waals surface area contributed by atoms with Gasteiger partial charge in [0.05, 0.1) is 5.92 Å². The molecular formula is C16H34O2Sn. The van der Waals surface area contributed by atoms with Crippen molar-refractivity contribution < 1.29 is 9.90 Å². The fraction of sp³-hybridized carbons (Fsp3) is 0.938. The Morgan fingerprint density at radius 1 is 0.789 bits per heavy atom. The Kier molecular flexibility index (Phi) is 18.5. The van der Waals surface area contributed by atoms with E-state index in [1.54, 1.807) is 0 Å². The number of carboxylic acid groups (broad SMARTS) is 1. The molecule has 19 heavy (non-hydrogen) atoms. The van der Waals surface area contributed by atoms with Crippen LogP contribution < -0.4 is 0 Å². The summed E-state index contributed by atoms with van der Waals surface area (Å²) >= 11 is 0. The zero-order valence-electron chi connectivity index (χ0n) is 13.1. The molecule has 1 unspecified atom stereocenters. The zero-order valence-corrected chi connectivity index (χ0v) is 17.2. The second-order valence-electron chi connectivity index (χ2n) is 5.44. The molecule has 0 aliphatic carbocycles. The Labute approximate surface area is 136 Å². The average molecular weight is 377 g/mol. The van der Waals surface area contributed by atoms with Crippen LogP contribution in [0.3, 0.4) is 0 Å². The van der Waals surface area contributed by atoms with Crippen molar-refractivity contribution in [2.45, 2.75) is 90.9 Å². The molecule has 0 aromatic carbocycles. The van der Waals surface area contributed by atoms with Crippen molar-refractivity contribution in [3.63, 3.8) is 0 Å². The zero-order chi connectivity index (χ0) is 13.6. The summed E-state index contributed by atoms with van der Waals surface area (Å²) in [4.78, 5) is 11.1. The Bertz CT molecular complexity index is 195. The van der Waals surface area contributed by atoms with Gasteiger partial charge in [-0.25, -0.2) is 0 Å². The molecule has 0 fully saturated rings. The first kappa shape index (κ1) is 21.6. The van der Waals surface area contributed by atoms with Gasteiger partial charge in [-0.2, -0.15) is 0 Å². The Hall–Kier alpha value is 0.269. The number of unbranched alkanes of at least 4 members (excludes halogenated alkanes) is 8. The molecule has 0 saturated heterocycles. The van der Waals surface area contributed by atoms with Crippen molar-refractivity contribution in [1.82, 2.24) is 0 Å². The summed E-state index contributed by atoms with van der Waals surface area (Å²) in [5.74, 6) is -0.673. The second kappa shape index (κ2) is 16.3. The van der Waals surface area contributed by atoms with E-state index >= 15 is 0 Å². The summed E-state index contributed by atoms with van der Waals surface area (Å²) in [5.41, 5.74) is 0. The molecule has 2 radical (unpaired) electrons. The molecule has 0 spiro atoms. The van der Waals surface area contributed by atoms with Gasteiger partial charge in [0, 0.05) is 0 Å². The van der Waals surface area contributed by atoms with E-state index in [9.17, 15) is 9.90 Å². The third-order valence-corrected chi connectivity index (χ3v) is 3.66. The van der Waals surface area contributed by atoms with Gasteiger partial charge in [0.2, 0.25) is 0 Å². The third-order valence-electron chi connectivity index (χ3n) is 3.66. The molecule has 0 aliphatic rings. The summed E-state index contributed by atoms with van der Waals surface area (Å²) in [6.45, 7) is 4.40. The number of hydrogen-bond acceptors (Lipinski definition) is 1. The summed E-state index contributed by atoms with van der Waals surface area (Å²) in [7, 11) is 0. The SMILES string of the molecule is CCCCCCCCC(CCCCCC)C(=O)O.[SnH2]. The molecule has 0 saturated carbocycles. The fourth-order valence-electron chi connectivity index (χ4n) is 2.38. The minimum atomic E-state index is -0.583. The molecule has 0 aliphatic heterocycles.